The van der Waals surface area contributed by atoms with Gasteiger partial charge in [-0.05, 0) is 6.42 Å². The molecule has 6 heteroatoms. The summed E-state index contributed by atoms with van der Waals surface area (Å²) in [5, 5.41) is 0. The second kappa shape index (κ2) is 5.00. The van der Waals surface area contributed by atoms with Crippen LogP contribution in [0.5, 0.6) is 0 Å². The monoisotopic (exact) mass is 197 g/mol. The highest BCUT2D eigenvalue weighted by Gasteiger charge is 2.04. The van der Waals surface area contributed by atoms with Crippen molar-refractivity contribution in [2.45, 2.75) is 12.8 Å². The van der Waals surface area contributed by atoms with Crippen LogP contribution in [0.3, 0.4) is 0 Å². The Labute approximate surface area is 80.7 Å². The molecule has 2 N–H and O–H groups in total. The number of aromatic nitrogens is 2. The summed E-state index contributed by atoms with van der Waals surface area (Å²) in [6, 6.07) is 0. The fourth-order valence-corrected chi connectivity index (χ4v) is 0.848. The lowest BCUT2D eigenvalue weighted by molar-refractivity contribution is -0.118. The van der Waals surface area contributed by atoms with Crippen LogP contribution in [0.4, 0.5) is 4.79 Å². The highest BCUT2D eigenvalue weighted by atomic mass is 16.5. The van der Waals surface area contributed by atoms with Gasteiger partial charge in [0.25, 0.3) is 0 Å². The number of carbonyl (C=O) groups is 2. The average Bonchev–Trinajstić information content (AvgIpc) is 2.64. The van der Waals surface area contributed by atoms with Crippen molar-refractivity contribution in [2.24, 2.45) is 5.73 Å². The molecule has 76 valence electrons. The number of rotatable bonds is 4. The average molecular weight is 197 g/mol. The van der Waals surface area contributed by atoms with Crippen LogP contribution in [0.15, 0.2) is 18.7 Å². The van der Waals surface area contributed by atoms with Gasteiger partial charge >= 0.3 is 6.09 Å². The molecular formula is C8H11N3O3. The Hall–Kier alpha value is -1.85. The molecule has 0 bridgehead atoms. The van der Waals surface area contributed by atoms with Crippen LogP contribution in [-0.2, 0) is 9.53 Å². The summed E-state index contributed by atoms with van der Waals surface area (Å²) in [4.78, 5) is 25.2. The van der Waals surface area contributed by atoms with Gasteiger partial charge in [0.05, 0.1) is 6.61 Å². The summed E-state index contributed by atoms with van der Waals surface area (Å²) in [5.74, 6) is -0.399. The Morgan fingerprint density at radius 2 is 2.29 bits per heavy atom. The Kier molecular flexibility index (Phi) is 3.66. The van der Waals surface area contributed by atoms with Gasteiger partial charge in [-0.2, -0.15) is 0 Å². The van der Waals surface area contributed by atoms with Crippen molar-refractivity contribution < 1.29 is 14.3 Å². The van der Waals surface area contributed by atoms with Crippen LogP contribution >= 0.6 is 0 Å². The maximum absolute atomic E-state index is 11.1. The molecule has 1 aromatic rings. The summed E-state index contributed by atoms with van der Waals surface area (Å²) in [6.07, 6.45) is 4.46. The van der Waals surface area contributed by atoms with Crippen LogP contribution in [-0.4, -0.2) is 28.2 Å². The number of ether oxygens (including phenoxy) is 1. The summed E-state index contributed by atoms with van der Waals surface area (Å²) >= 11 is 0. The fourth-order valence-electron chi connectivity index (χ4n) is 0.848. The third kappa shape index (κ3) is 3.26. The minimum atomic E-state index is -0.507. The molecular weight excluding hydrogens is 186 g/mol. The quantitative estimate of drug-likeness (QED) is 0.695. The molecule has 1 heterocycles. The van der Waals surface area contributed by atoms with E-state index in [4.69, 9.17) is 10.5 Å². The van der Waals surface area contributed by atoms with Crippen LogP contribution < -0.4 is 5.73 Å². The van der Waals surface area contributed by atoms with Gasteiger partial charge in [0.1, 0.15) is 6.33 Å². The minimum absolute atomic E-state index is 0.181. The van der Waals surface area contributed by atoms with Gasteiger partial charge in [0.2, 0.25) is 5.91 Å². The Morgan fingerprint density at radius 3 is 2.86 bits per heavy atom. The Bertz CT molecular complexity index is 308. The molecule has 0 fully saturated rings. The van der Waals surface area contributed by atoms with Gasteiger partial charge in [-0.3, -0.25) is 4.79 Å². The van der Waals surface area contributed by atoms with Gasteiger partial charge in [-0.15, -0.1) is 0 Å². The third-order valence-electron chi connectivity index (χ3n) is 1.51. The van der Waals surface area contributed by atoms with Crippen molar-refractivity contribution >= 4 is 12.0 Å². The van der Waals surface area contributed by atoms with E-state index < -0.39 is 12.0 Å². The highest BCUT2D eigenvalue weighted by molar-refractivity contribution is 5.73. The van der Waals surface area contributed by atoms with E-state index in [1.165, 1.54) is 23.3 Å². The molecule has 6 nitrogen and oxygen atoms in total. The number of primary amides is 1. The van der Waals surface area contributed by atoms with Gasteiger partial charge in [-0.25, -0.2) is 14.3 Å². The van der Waals surface area contributed by atoms with Crippen LogP contribution in [0.25, 0.3) is 0 Å². The zero-order chi connectivity index (χ0) is 10.4. The molecule has 0 aliphatic carbocycles. The molecule has 1 rings (SSSR count). The molecule has 0 spiro atoms. The summed E-state index contributed by atoms with van der Waals surface area (Å²) in [7, 11) is 0. The molecule has 0 saturated heterocycles. The van der Waals surface area contributed by atoms with Gasteiger partial charge in [0.15, 0.2) is 0 Å². The molecule has 0 aliphatic heterocycles. The molecule has 0 aromatic carbocycles. The second-order valence-electron chi connectivity index (χ2n) is 2.65. The molecule has 1 aromatic heterocycles. The SMILES string of the molecule is NC(=O)CCCOC(=O)n1ccnc1. The molecule has 0 unspecified atom stereocenters. The van der Waals surface area contributed by atoms with Crippen molar-refractivity contribution in [3.63, 3.8) is 0 Å². The molecule has 14 heavy (non-hydrogen) atoms. The maximum Gasteiger partial charge on any atom is 0.419 e. The van der Waals surface area contributed by atoms with Crippen LogP contribution in [0.2, 0.25) is 0 Å². The number of nitrogens with two attached hydrogens (primary N) is 1. The molecule has 0 atom stereocenters. The number of carbonyl (C=O) groups excluding carboxylic acids is 2. The standard InChI is InChI=1S/C8H11N3O3/c9-7(12)2-1-5-14-8(13)11-4-3-10-6-11/h3-4,6H,1-2,5H2,(H2,9,12). The minimum Gasteiger partial charge on any atom is -0.449 e. The van der Waals surface area contributed by atoms with Gasteiger partial charge < -0.3 is 10.5 Å². The number of hydrogen-bond donors (Lipinski definition) is 1. The summed E-state index contributed by atoms with van der Waals surface area (Å²) in [5.41, 5.74) is 4.91. The van der Waals surface area contributed by atoms with Crippen LogP contribution in [0.1, 0.15) is 12.8 Å². The zero-order valence-corrected chi connectivity index (χ0v) is 7.55. The van der Waals surface area contributed by atoms with E-state index in [9.17, 15) is 9.59 Å². The molecule has 1 amide bonds. The van der Waals surface area contributed by atoms with Crippen molar-refractivity contribution in [3.8, 4) is 0 Å². The second-order valence-corrected chi connectivity index (χ2v) is 2.65. The lowest BCUT2D eigenvalue weighted by atomic mass is 10.3. The fraction of sp³-hybridized carbons (Fsp3) is 0.375. The maximum atomic E-state index is 11.1. The van der Waals surface area contributed by atoms with E-state index in [-0.39, 0.29) is 13.0 Å². The van der Waals surface area contributed by atoms with E-state index >= 15 is 0 Å². The lowest BCUT2D eigenvalue weighted by Gasteiger charge is -2.02. The molecule has 0 aliphatic rings. The van der Waals surface area contributed by atoms with Crippen LogP contribution in [0, 0.1) is 0 Å². The number of hydrogen-bond acceptors (Lipinski definition) is 4. The highest BCUT2D eigenvalue weighted by Crippen LogP contribution is 1.93. The topological polar surface area (TPSA) is 87.2 Å². The first-order valence-corrected chi connectivity index (χ1v) is 4.13. The normalized spacial score (nSPS) is 9.71. The van der Waals surface area contributed by atoms with Crippen molar-refractivity contribution in [1.29, 1.82) is 0 Å². The number of nitrogens with zero attached hydrogens (tertiary/aromatic N) is 2. The predicted octanol–water partition coefficient (Wildman–Crippen LogP) is 0.133. The van der Waals surface area contributed by atoms with E-state index in [1.807, 2.05) is 0 Å². The largest absolute Gasteiger partial charge is 0.449 e. The van der Waals surface area contributed by atoms with Crippen molar-refractivity contribution in [2.75, 3.05) is 6.61 Å². The van der Waals surface area contributed by atoms with E-state index in [1.54, 1.807) is 0 Å². The zero-order valence-electron chi connectivity index (χ0n) is 7.55. The first-order chi connectivity index (χ1) is 6.70. The van der Waals surface area contributed by atoms with E-state index in [0.29, 0.717) is 6.42 Å². The van der Waals surface area contributed by atoms with Gasteiger partial charge in [0, 0.05) is 18.8 Å². The van der Waals surface area contributed by atoms with E-state index in [0.717, 1.165) is 0 Å². The predicted molar refractivity (Wildman–Crippen MR) is 47.4 cm³/mol. The molecule has 0 saturated carbocycles. The first kappa shape index (κ1) is 10.2. The third-order valence-corrected chi connectivity index (χ3v) is 1.51. The Morgan fingerprint density at radius 1 is 1.50 bits per heavy atom. The Balaban J connectivity index is 2.19. The lowest BCUT2D eigenvalue weighted by Crippen LogP contribution is -2.15. The van der Waals surface area contributed by atoms with E-state index in [2.05, 4.69) is 4.98 Å². The summed E-state index contributed by atoms with van der Waals surface area (Å²) < 4.78 is 6.03. The number of amides is 1. The molecule has 0 radical (unpaired) electrons. The smallest absolute Gasteiger partial charge is 0.419 e. The van der Waals surface area contributed by atoms with Crippen molar-refractivity contribution in [3.05, 3.63) is 18.7 Å². The first-order valence-electron chi connectivity index (χ1n) is 4.13. The number of imidazole rings is 1. The van der Waals surface area contributed by atoms with Crippen molar-refractivity contribution in [1.82, 2.24) is 9.55 Å². The summed E-state index contributed by atoms with van der Waals surface area (Å²) in [6.45, 7) is 0.181. The van der Waals surface area contributed by atoms with Gasteiger partial charge in [-0.1, -0.05) is 0 Å².